The number of benzene rings is 1. The summed E-state index contributed by atoms with van der Waals surface area (Å²) in [5.41, 5.74) is 4.07. The van der Waals surface area contributed by atoms with E-state index in [1.54, 1.807) is 4.68 Å². The van der Waals surface area contributed by atoms with Gasteiger partial charge in [-0.25, -0.2) is 4.68 Å². The van der Waals surface area contributed by atoms with Crippen molar-refractivity contribution >= 4 is 17.7 Å². The normalized spacial score (nSPS) is 15.0. The summed E-state index contributed by atoms with van der Waals surface area (Å²) < 4.78 is 1.73. The fourth-order valence-electron chi connectivity index (χ4n) is 3.12. The molecule has 1 aliphatic carbocycles. The molecule has 1 heterocycles. The van der Waals surface area contributed by atoms with Crippen molar-refractivity contribution in [3.8, 4) is 0 Å². The van der Waals surface area contributed by atoms with Gasteiger partial charge in [-0.1, -0.05) is 30.0 Å². The monoisotopic (exact) mass is 359 g/mol. The second-order valence-electron chi connectivity index (χ2n) is 6.81. The third-order valence-corrected chi connectivity index (χ3v) is 5.47. The second-order valence-corrected chi connectivity index (χ2v) is 7.76. The third kappa shape index (κ3) is 4.39. The lowest BCUT2D eigenvalue weighted by Gasteiger charge is -2.20. The molecule has 0 aliphatic heterocycles. The van der Waals surface area contributed by atoms with Gasteiger partial charge < -0.3 is 5.32 Å². The van der Waals surface area contributed by atoms with Crippen LogP contribution in [0.25, 0.3) is 0 Å². The Morgan fingerprint density at radius 2 is 2.00 bits per heavy atom. The fraction of sp³-hybridized carbons (Fsp3) is 0.556. The molecule has 25 heavy (non-hydrogen) atoms. The fourth-order valence-corrected chi connectivity index (χ4v) is 3.94. The van der Waals surface area contributed by atoms with Crippen LogP contribution in [-0.4, -0.2) is 31.9 Å². The summed E-state index contributed by atoms with van der Waals surface area (Å²) in [5, 5.41) is 15.4. The highest BCUT2D eigenvalue weighted by molar-refractivity contribution is 7.99. The van der Waals surface area contributed by atoms with Crippen LogP contribution >= 0.6 is 11.8 Å². The topological polar surface area (TPSA) is 72.7 Å². The van der Waals surface area contributed by atoms with E-state index < -0.39 is 0 Å². The first kappa shape index (κ1) is 17.9. The van der Waals surface area contributed by atoms with Crippen molar-refractivity contribution in [2.75, 3.05) is 5.75 Å². The zero-order chi connectivity index (χ0) is 17.8. The van der Waals surface area contributed by atoms with E-state index in [9.17, 15) is 4.79 Å². The molecule has 1 amide bonds. The number of aromatic nitrogens is 4. The van der Waals surface area contributed by atoms with Crippen molar-refractivity contribution in [3.63, 3.8) is 0 Å². The zero-order valence-corrected chi connectivity index (χ0v) is 15.8. The first-order valence-electron chi connectivity index (χ1n) is 8.86. The lowest BCUT2D eigenvalue weighted by molar-refractivity contribution is -0.119. The highest BCUT2D eigenvalue weighted by atomic mass is 32.2. The van der Waals surface area contributed by atoms with Gasteiger partial charge in [0.05, 0.1) is 17.8 Å². The van der Waals surface area contributed by atoms with Gasteiger partial charge in [-0.3, -0.25) is 4.79 Å². The van der Waals surface area contributed by atoms with E-state index >= 15 is 0 Å². The molecule has 1 aromatic heterocycles. The van der Waals surface area contributed by atoms with Gasteiger partial charge in [0.2, 0.25) is 11.1 Å². The van der Waals surface area contributed by atoms with Crippen molar-refractivity contribution in [1.82, 2.24) is 25.5 Å². The van der Waals surface area contributed by atoms with Gasteiger partial charge in [-0.15, -0.1) is 5.10 Å². The number of carbonyl (C=O) groups is 1. The van der Waals surface area contributed by atoms with Crippen LogP contribution in [0.2, 0.25) is 0 Å². The predicted molar refractivity (Wildman–Crippen MR) is 98.6 cm³/mol. The zero-order valence-electron chi connectivity index (χ0n) is 15.0. The SMILES string of the molecule is CC(NC(=O)CSc1nnnn1C(C)C)c1ccc2c(c1)CCCC2. The molecule has 6 nitrogen and oxygen atoms in total. The van der Waals surface area contributed by atoms with Crippen LogP contribution < -0.4 is 5.32 Å². The minimum atomic E-state index is -0.00599. The lowest BCUT2D eigenvalue weighted by Crippen LogP contribution is -2.28. The van der Waals surface area contributed by atoms with E-state index in [0.29, 0.717) is 10.9 Å². The smallest absolute Gasteiger partial charge is 0.230 e. The molecule has 0 fully saturated rings. The van der Waals surface area contributed by atoms with Gasteiger partial charge in [0, 0.05) is 0 Å². The number of carbonyl (C=O) groups excluding carboxylic acids is 1. The summed E-state index contributed by atoms with van der Waals surface area (Å²) >= 11 is 1.36. The summed E-state index contributed by atoms with van der Waals surface area (Å²) in [4.78, 5) is 12.3. The molecule has 1 aromatic carbocycles. The number of nitrogens with zero attached hydrogens (tertiary/aromatic N) is 4. The van der Waals surface area contributed by atoms with Crippen molar-refractivity contribution in [2.45, 2.75) is 63.7 Å². The van der Waals surface area contributed by atoms with Crippen molar-refractivity contribution in [1.29, 1.82) is 0 Å². The number of thioether (sulfide) groups is 1. The molecule has 1 aliphatic rings. The number of hydrogen-bond acceptors (Lipinski definition) is 5. The maximum Gasteiger partial charge on any atom is 0.230 e. The minimum absolute atomic E-state index is 0.00131. The van der Waals surface area contributed by atoms with E-state index in [1.165, 1.54) is 47.7 Å². The Kier molecular flexibility index (Phi) is 5.73. The highest BCUT2D eigenvalue weighted by Crippen LogP contribution is 2.25. The van der Waals surface area contributed by atoms with Crippen LogP contribution in [0.4, 0.5) is 0 Å². The standard InChI is InChI=1S/C18H25N5OS/c1-12(2)23-18(20-21-22-23)25-11-17(24)19-13(3)15-9-8-14-6-4-5-7-16(14)10-15/h8-10,12-13H,4-7,11H2,1-3H3,(H,19,24). The largest absolute Gasteiger partial charge is 0.349 e. The first-order valence-corrected chi connectivity index (χ1v) is 9.85. The number of amides is 1. The Labute approximate surface area is 152 Å². The molecule has 0 spiro atoms. The van der Waals surface area contributed by atoms with Gasteiger partial charge >= 0.3 is 0 Å². The molecular weight excluding hydrogens is 334 g/mol. The van der Waals surface area contributed by atoms with Crippen LogP contribution in [0, 0.1) is 0 Å². The van der Waals surface area contributed by atoms with E-state index in [0.717, 1.165) is 6.42 Å². The minimum Gasteiger partial charge on any atom is -0.349 e. The maximum absolute atomic E-state index is 12.3. The Morgan fingerprint density at radius 1 is 1.24 bits per heavy atom. The molecular formula is C18H25N5OS. The molecule has 1 unspecified atom stereocenters. The van der Waals surface area contributed by atoms with Crippen LogP contribution in [0.3, 0.4) is 0 Å². The Hall–Kier alpha value is -1.89. The van der Waals surface area contributed by atoms with Crippen LogP contribution in [0.1, 0.15) is 62.4 Å². The number of rotatable bonds is 6. The molecule has 0 bridgehead atoms. The molecule has 0 radical (unpaired) electrons. The lowest BCUT2D eigenvalue weighted by atomic mass is 9.89. The summed E-state index contributed by atoms with van der Waals surface area (Å²) in [6.45, 7) is 6.06. The van der Waals surface area contributed by atoms with Crippen LogP contribution in [0.15, 0.2) is 23.4 Å². The van der Waals surface area contributed by atoms with Gasteiger partial charge in [0.15, 0.2) is 0 Å². The molecule has 7 heteroatoms. The third-order valence-electron chi connectivity index (χ3n) is 4.53. The highest BCUT2D eigenvalue weighted by Gasteiger charge is 2.16. The summed E-state index contributed by atoms with van der Waals surface area (Å²) in [6, 6.07) is 6.79. The van der Waals surface area contributed by atoms with Gasteiger partial charge in [0.1, 0.15) is 0 Å². The number of hydrogen-bond donors (Lipinski definition) is 1. The van der Waals surface area contributed by atoms with Gasteiger partial charge in [-0.2, -0.15) is 0 Å². The average molecular weight is 359 g/mol. The Morgan fingerprint density at radius 3 is 2.76 bits per heavy atom. The molecule has 3 rings (SSSR count). The molecule has 1 N–H and O–H groups in total. The van der Waals surface area contributed by atoms with Crippen molar-refractivity contribution in [2.24, 2.45) is 0 Å². The number of aryl methyl sites for hydroxylation is 2. The van der Waals surface area contributed by atoms with Crippen LogP contribution in [-0.2, 0) is 17.6 Å². The second kappa shape index (κ2) is 7.99. The molecule has 0 saturated heterocycles. The summed E-state index contributed by atoms with van der Waals surface area (Å²) in [6.07, 6.45) is 4.87. The van der Waals surface area contributed by atoms with E-state index in [1.807, 2.05) is 20.8 Å². The molecule has 1 atom stereocenters. The maximum atomic E-state index is 12.3. The molecule has 134 valence electrons. The Balaban J connectivity index is 1.56. The number of fused-ring (bicyclic) bond motifs is 1. The quantitative estimate of drug-likeness (QED) is 0.802. The Bertz CT molecular complexity index is 743. The first-order chi connectivity index (χ1) is 12.0. The van der Waals surface area contributed by atoms with Crippen LogP contribution in [0.5, 0.6) is 0 Å². The van der Waals surface area contributed by atoms with Gasteiger partial charge in [0.25, 0.3) is 0 Å². The summed E-state index contributed by atoms with van der Waals surface area (Å²) in [5.74, 6) is 0.302. The van der Waals surface area contributed by atoms with E-state index in [2.05, 4.69) is 39.0 Å². The molecule has 0 saturated carbocycles. The molecule has 2 aromatic rings. The predicted octanol–water partition coefficient (Wildman–Crippen LogP) is 3.10. The van der Waals surface area contributed by atoms with Gasteiger partial charge in [-0.05, 0) is 73.6 Å². The van der Waals surface area contributed by atoms with Crippen molar-refractivity contribution in [3.05, 3.63) is 34.9 Å². The number of nitrogens with one attached hydrogen (secondary N) is 1. The van der Waals surface area contributed by atoms with Crippen molar-refractivity contribution < 1.29 is 4.79 Å². The van der Waals surface area contributed by atoms with E-state index in [-0.39, 0.29) is 18.0 Å². The average Bonchev–Trinajstić information content (AvgIpc) is 3.08. The number of tetrazole rings is 1. The van der Waals surface area contributed by atoms with E-state index in [4.69, 9.17) is 0 Å². The summed E-state index contributed by atoms with van der Waals surface area (Å²) in [7, 11) is 0.